The van der Waals surface area contributed by atoms with Gasteiger partial charge >= 0.3 is 11.9 Å². The first-order chi connectivity index (χ1) is 21.6. The van der Waals surface area contributed by atoms with Crippen molar-refractivity contribution < 1.29 is 31.6 Å². The smallest absolute Gasteiger partial charge is 0.439 e. The van der Waals surface area contributed by atoms with E-state index in [0.29, 0.717) is 66.5 Å². The van der Waals surface area contributed by atoms with Gasteiger partial charge in [-0.1, -0.05) is 22.8 Å². The van der Waals surface area contributed by atoms with Crippen LogP contribution in [0.15, 0.2) is 45.8 Å². The van der Waals surface area contributed by atoms with Gasteiger partial charge in [-0.25, -0.2) is 24.1 Å². The van der Waals surface area contributed by atoms with Crippen LogP contribution in [0.3, 0.4) is 0 Å². The number of benzene rings is 1. The summed E-state index contributed by atoms with van der Waals surface area (Å²) in [5.74, 6) is -1.09. The first kappa shape index (κ1) is 29.4. The van der Waals surface area contributed by atoms with Crippen molar-refractivity contribution in [3.05, 3.63) is 86.1 Å². The third-order valence-corrected chi connectivity index (χ3v) is 8.07. The lowest BCUT2D eigenvalue weighted by molar-refractivity contribution is -0.139. The number of alkyl halides is 3. The standard InChI is InChI=1S/C29H24ClF4N7O4/c30-18-2-1-16(21(31)9-18)14-44-27-20(29(32,33)34)7-15-3-5-40(12-23(15)37-27)13-24-36-22-8-17(25-38-28(42)45-39-25)10-35-26(22)41(24)11-19-4-6-43-19/h1-2,7-10,19H,3-6,11-14H2,(H,38,39,42)/t19-/m0/s1. The lowest BCUT2D eigenvalue weighted by atomic mass is 10.0. The van der Waals surface area contributed by atoms with E-state index in [1.165, 1.54) is 12.1 Å². The van der Waals surface area contributed by atoms with E-state index in [-0.39, 0.29) is 29.1 Å². The second kappa shape index (κ2) is 11.5. The highest BCUT2D eigenvalue weighted by Gasteiger charge is 2.37. The Morgan fingerprint density at radius 2 is 2.02 bits per heavy atom. The lowest BCUT2D eigenvalue weighted by Crippen LogP contribution is -2.34. The predicted molar refractivity (Wildman–Crippen MR) is 151 cm³/mol. The fourth-order valence-corrected chi connectivity index (χ4v) is 5.57. The van der Waals surface area contributed by atoms with Crippen molar-refractivity contribution in [3.8, 4) is 17.3 Å². The average Bonchev–Trinajstić information content (AvgIpc) is 3.55. The van der Waals surface area contributed by atoms with E-state index in [9.17, 15) is 22.4 Å². The van der Waals surface area contributed by atoms with Crippen LogP contribution in [0, 0.1) is 5.82 Å². The number of aromatic amines is 1. The number of hydrogen-bond donors (Lipinski definition) is 1. The number of pyridine rings is 2. The van der Waals surface area contributed by atoms with Gasteiger partial charge in [-0.2, -0.15) is 13.2 Å². The fourth-order valence-electron chi connectivity index (χ4n) is 5.42. The number of H-pyrrole nitrogens is 1. The summed E-state index contributed by atoms with van der Waals surface area (Å²) >= 11 is 5.79. The zero-order valence-electron chi connectivity index (χ0n) is 23.4. The molecule has 0 aliphatic carbocycles. The zero-order valence-corrected chi connectivity index (χ0v) is 24.2. The maximum absolute atomic E-state index is 14.3. The van der Waals surface area contributed by atoms with Gasteiger partial charge < -0.3 is 14.0 Å². The molecule has 1 saturated heterocycles. The summed E-state index contributed by atoms with van der Waals surface area (Å²) in [6.07, 6.45) is -1.93. The second-order valence-corrected chi connectivity index (χ2v) is 11.3. The number of rotatable bonds is 8. The minimum absolute atomic E-state index is 0.00393. The Balaban J connectivity index is 1.16. The third-order valence-electron chi connectivity index (χ3n) is 7.83. The number of nitrogens with one attached hydrogen (secondary N) is 1. The maximum atomic E-state index is 14.3. The predicted octanol–water partition coefficient (Wildman–Crippen LogP) is 4.91. The highest BCUT2D eigenvalue weighted by atomic mass is 35.5. The normalized spacial score (nSPS) is 17.0. The van der Waals surface area contributed by atoms with Crippen LogP contribution in [-0.2, 0) is 43.6 Å². The van der Waals surface area contributed by atoms with Crippen LogP contribution in [0.5, 0.6) is 5.88 Å². The largest absolute Gasteiger partial charge is 0.472 e. The quantitative estimate of drug-likeness (QED) is 0.235. The molecule has 0 saturated carbocycles. The number of hydrogen-bond acceptors (Lipinski definition) is 9. The van der Waals surface area contributed by atoms with Gasteiger partial charge in [-0.05, 0) is 42.7 Å². The second-order valence-electron chi connectivity index (χ2n) is 10.9. The van der Waals surface area contributed by atoms with Gasteiger partial charge in [0.05, 0.1) is 24.9 Å². The molecule has 5 aromatic rings. The van der Waals surface area contributed by atoms with Crippen molar-refractivity contribution >= 4 is 22.8 Å². The van der Waals surface area contributed by atoms with E-state index in [0.717, 1.165) is 18.6 Å². The van der Waals surface area contributed by atoms with Crippen LogP contribution in [0.2, 0.25) is 5.02 Å². The van der Waals surface area contributed by atoms with Crippen LogP contribution in [-0.4, -0.2) is 53.8 Å². The summed E-state index contributed by atoms with van der Waals surface area (Å²) in [6.45, 7) is 1.80. The van der Waals surface area contributed by atoms with Gasteiger partial charge in [0.1, 0.15) is 29.3 Å². The van der Waals surface area contributed by atoms with Gasteiger partial charge in [0, 0.05) is 42.0 Å². The van der Waals surface area contributed by atoms with E-state index >= 15 is 0 Å². The van der Waals surface area contributed by atoms with Crippen molar-refractivity contribution in [2.45, 2.75) is 51.4 Å². The van der Waals surface area contributed by atoms with Crippen molar-refractivity contribution in [1.82, 2.24) is 34.6 Å². The molecule has 16 heteroatoms. The van der Waals surface area contributed by atoms with Crippen molar-refractivity contribution in [3.63, 3.8) is 0 Å². The van der Waals surface area contributed by atoms with Crippen LogP contribution >= 0.6 is 11.6 Å². The molecule has 6 heterocycles. The summed E-state index contributed by atoms with van der Waals surface area (Å²) in [5.41, 5.74) is 1.64. The molecule has 0 radical (unpaired) electrons. The maximum Gasteiger partial charge on any atom is 0.439 e. The molecule has 0 bridgehead atoms. The van der Waals surface area contributed by atoms with Crippen LogP contribution < -0.4 is 10.5 Å². The van der Waals surface area contributed by atoms with Gasteiger partial charge in [0.2, 0.25) is 5.88 Å². The lowest BCUT2D eigenvalue weighted by Gasteiger charge is -2.30. The molecule has 0 spiro atoms. The highest BCUT2D eigenvalue weighted by Crippen LogP contribution is 2.38. The summed E-state index contributed by atoms with van der Waals surface area (Å²) in [5, 5.41) is 3.88. The van der Waals surface area contributed by atoms with E-state index in [1.807, 2.05) is 9.47 Å². The molecule has 1 N–H and O–H groups in total. The van der Waals surface area contributed by atoms with Gasteiger partial charge in [0.25, 0.3) is 0 Å². The van der Waals surface area contributed by atoms with Crippen LogP contribution in [0.1, 0.15) is 34.6 Å². The Hall–Kier alpha value is -4.34. The number of imidazole rings is 1. The molecule has 4 aromatic heterocycles. The summed E-state index contributed by atoms with van der Waals surface area (Å²) < 4.78 is 73.9. The summed E-state index contributed by atoms with van der Waals surface area (Å²) in [4.78, 5) is 29.6. The molecular weight excluding hydrogens is 622 g/mol. The number of halogens is 5. The first-order valence-electron chi connectivity index (χ1n) is 14.0. The molecule has 1 aromatic carbocycles. The summed E-state index contributed by atoms with van der Waals surface area (Å²) in [6, 6.07) is 6.67. The van der Waals surface area contributed by atoms with Crippen molar-refractivity contribution in [2.24, 2.45) is 0 Å². The monoisotopic (exact) mass is 645 g/mol. The molecule has 2 aliphatic rings. The van der Waals surface area contributed by atoms with Gasteiger partial charge in [-0.15, -0.1) is 0 Å². The minimum Gasteiger partial charge on any atom is -0.472 e. The van der Waals surface area contributed by atoms with Crippen molar-refractivity contribution in [1.29, 1.82) is 0 Å². The molecule has 7 rings (SSSR count). The van der Waals surface area contributed by atoms with Crippen LogP contribution in [0.4, 0.5) is 17.6 Å². The minimum atomic E-state index is -4.72. The molecule has 234 valence electrons. The van der Waals surface area contributed by atoms with E-state index in [2.05, 4.69) is 24.6 Å². The zero-order chi connectivity index (χ0) is 31.3. The van der Waals surface area contributed by atoms with Crippen molar-refractivity contribution in [2.75, 3.05) is 13.2 Å². The Kier molecular flexibility index (Phi) is 7.54. The number of ether oxygens (including phenoxy) is 2. The highest BCUT2D eigenvalue weighted by molar-refractivity contribution is 6.30. The molecule has 0 amide bonds. The third kappa shape index (κ3) is 6.02. The Bertz CT molecular complexity index is 1950. The topological polar surface area (TPSA) is 124 Å². The molecule has 1 fully saturated rings. The molecule has 11 nitrogen and oxygen atoms in total. The molecule has 2 aliphatic heterocycles. The van der Waals surface area contributed by atoms with Crippen LogP contribution in [0.25, 0.3) is 22.6 Å². The molecular formula is C29H24ClF4N7O4. The van der Waals surface area contributed by atoms with E-state index in [4.69, 9.17) is 26.1 Å². The van der Waals surface area contributed by atoms with E-state index in [1.54, 1.807) is 12.3 Å². The number of aromatic nitrogens is 6. The number of fused-ring (bicyclic) bond motifs is 2. The SMILES string of the molecule is O=c1[nH]c(-c2cnc3c(c2)nc(CN2CCc4cc(C(F)(F)F)c(OCc5ccc(Cl)cc5F)nc4C2)n3C[C@@H]2CCO2)no1. The molecule has 45 heavy (non-hydrogen) atoms. The Labute approximate surface area is 256 Å². The first-order valence-corrected chi connectivity index (χ1v) is 14.4. The number of nitrogens with zero attached hydrogens (tertiary/aromatic N) is 6. The van der Waals surface area contributed by atoms with E-state index < -0.39 is 35.8 Å². The van der Waals surface area contributed by atoms with Gasteiger partial charge in [-0.3, -0.25) is 14.4 Å². The van der Waals surface area contributed by atoms with Gasteiger partial charge in [0.15, 0.2) is 11.5 Å². The summed E-state index contributed by atoms with van der Waals surface area (Å²) in [7, 11) is 0. The Morgan fingerprint density at radius 3 is 2.73 bits per heavy atom. The average molecular weight is 646 g/mol. The Morgan fingerprint density at radius 1 is 1.18 bits per heavy atom. The molecule has 0 unspecified atom stereocenters. The fraction of sp³-hybridized carbons (Fsp3) is 0.345. The molecule has 1 atom stereocenters.